The minimum absolute atomic E-state index is 0.113. The van der Waals surface area contributed by atoms with Gasteiger partial charge in [0.1, 0.15) is 11.6 Å². The molecule has 0 saturated heterocycles. The van der Waals surface area contributed by atoms with Gasteiger partial charge in [0, 0.05) is 22.6 Å². The molecule has 3 aromatic rings. The Kier molecular flexibility index (Phi) is 6.14. The van der Waals surface area contributed by atoms with Gasteiger partial charge in [-0.15, -0.1) is 0 Å². The van der Waals surface area contributed by atoms with Gasteiger partial charge >= 0.3 is 0 Å². The maximum Gasteiger partial charge on any atom is 0.262 e. The second-order valence-electron chi connectivity index (χ2n) is 5.82. The van der Waals surface area contributed by atoms with E-state index in [0.29, 0.717) is 15.7 Å². The SMILES string of the molecule is COc1ccc(NC(=O)c2cncc(Br)c2)cc1NS(=O)(=O)c1ccc(F)cc1. The number of halogens is 2. The van der Waals surface area contributed by atoms with Crippen molar-refractivity contribution in [3.05, 3.63) is 76.8 Å². The number of pyridine rings is 1. The van der Waals surface area contributed by atoms with E-state index in [0.717, 1.165) is 24.3 Å². The number of aromatic nitrogens is 1. The average molecular weight is 480 g/mol. The number of anilines is 2. The number of hydrogen-bond acceptors (Lipinski definition) is 5. The monoisotopic (exact) mass is 479 g/mol. The summed E-state index contributed by atoms with van der Waals surface area (Å²) < 4.78 is 46.5. The van der Waals surface area contributed by atoms with Gasteiger partial charge in [0.15, 0.2) is 0 Å². The Morgan fingerprint density at radius 1 is 1.10 bits per heavy atom. The van der Waals surface area contributed by atoms with Crippen molar-refractivity contribution in [3.63, 3.8) is 0 Å². The van der Waals surface area contributed by atoms with Gasteiger partial charge in [-0.05, 0) is 64.5 Å². The Hall–Kier alpha value is -2.98. The van der Waals surface area contributed by atoms with Crippen LogP contribution in [-0.2, 0) is 10.0 Å². The summed E-state index contributed by atoms with van der Waals surface area (Å²) in [5.74, 6) is -0.720. The zero-order valence-electron chi connectivity index (χ0n) is 15.0. The minimum atomic E-state index is -3.99. The van der Waals surface area contributed by atoms with Gasteiger partial charge < -0.3 is 10.1 Å². The molecule has 150 valence electrons. The van der Waals surface area contributed by atoms with Gasteiger partial charge in [-0.2, -0.15) is 0 Å². The summed E-state index contributed by atoms with van der Waals surface area (Å²) in [5.41, 5.74) is 0.776. The van der Waals surface area contributed by atoms with Crippen LogP contribution >= 0.6 is 15.9 Å². The molecular weight excluding hydrogens is 465 g/mol. The Morgan fingerprint density at radius 3 is 2.48 bits per heavy atom. The fourth-order valence-electron chi connectivity index (χ4n) is 2.42. The van der Waals surface area contributed by atoms with Crippen molar-refractivity contribution in [1.29, 1.82) is 0 Å². The van der Waals surface area contributed by atoms with E-state index in [-0.39, 0.29) is 16.3 Å². The summed E-state index contributed by atoms with van der Waals surface area (Å²) in [5, 5.41) is 2.67. The fourth-order valence-corrected chi connectivity index (χ4v) is 3.85. The number of nitrogens with one attached hydrogen (secondary N) is 2. The lowest BCUT2D eigenvalue weighted by Gasteiger charge is -2.14. The van der Waals surface area contributed by atoms with Crippen LogP contribution in [-0.4, -0.2) is 26.4 Å². The molecule has 7 nitrogen and oxygen atoms in total. The Bertz CT molecular complexity index is 1150. The molecule has 0 saturated carbocycles. The van der Waals surface area contributed by atoms with Crippen LogP contribution < -0.4 is 14.8 Å². The summed E-state index contributed by atoms with van der Waals surface area (Å²) in [6, 6.07) is 10.5. The number of benzene rings is 2. The largest absolute Gasteiger partial charge is 0.495 e. The second-order valence-corrected chi connectivity index (χ2v) is 8.42. The molecule has 1 aromatic heterocycles. The highest BCUT2D eigenvalue weighted by Gasteiger charge is 2.18. The summed E-state index contributed by atoms with van der Waals surface area (Å²) in [7, 11) is -2.61. The van der Waals surface area contributed by atoms with Crippen LogP contribution in [0.25, 0.3) is 0 Å². The van der Waals surface area contributed by atoms with E-state index < -0.39 is 21.7 Å². The van der Waals surface area contributed by atoms with Gasteiger partial charge in [0.25, 0.3) is 15.9 Å². The lowest BCUT2D eigenvalue weighted by Crippen LogP contribution is -2.15. The summed E-state index contributed by atoms with van der Waals surface area (Å²) in [4.78, 5) is 16.2. The zero-order chi connectivity index (χ0) is 21.0. The maximum absolute atomic E-state index is 13.1. The molecule has 29 heavy (non-hydrogen) atoms. The van der Waals surface area contributed by atoms with Crippen LogP contribution in [0.2, 0.25) is 0 Å². The van der Waals surface area contributed by atoms with Crippen LogP contribution in [0, 0.1) is 5.82 Å². The molecule has 1 amide bonds. The van der Waals surface area contributed by atoms with Gasteiger partial charge in [-0.1, -0.05) is 0 Å². The molecule has 3 rings (SSSR count). The molecule has 2 aromatic carbocycles. The summed E-state index contributed by atoms with van der Waals surface area (Å²) in [6.45, 7) is 0. The molecule has 0 aliphatic rings. The average Bonchev–Trinajstić information content (AvgIpc) is 2.68. The van der Waals surface area contributed by atoms with Crippen molar-refractivity contribution in [2.24, 2.45) is 0 Å². The number of ether oxygens (including phenoxy) is 1. The molecule has 0 spiro atoms. The highest BCUT2D eigenvalue weighted by atomic mass is 79.9. The van der Waals surface area contributed by atoms with Gasteiger partial charge in [0.05, 0.1) is 23.3 Å². The number of hydrogen-bond donors (Lipinski definition) is 2. The van der Waals surface area contributed by atoms with Crippen LogP contribution in [0.3, 0.4) is 0 Å². The van der Waals surface area contributed by atoms with Crippen molar-refractivity contribution in [2.45, 2.75) is 4.90 Å². The first-order chi connectivity index (χ1) is 13.8. The van der Waals surface area contributed by atoms with Gasteiger partial charge in [-0.3, -0.25) is 14.5 Å². The summed E-state index contributed by atoms with van der Waals surface area (Å²) in [6.07, 6.45) is 2.95. The number of carbonyl (C=O) groups is 1. The number of amides is 1. The smallest absolute Gasteiger partial charge is 0.262 e. The first-order valence-electron chi connectivity index (χ1n) is 8.17. The van der Waals surface area contributed by atoms with Crippen LogP contribution in [0.4, 0.5) is 15.8 Å². The number of methoxy groups -OCH3 is 1. The van der Waals surface area contributed by atoms with Crippen LogP contribution in [0.1, 0.15) is 10.4 Å². The van der Waals surface area contributed by atoms with E-state index in [1.54, 1.807) is 18.3 Å². The Morgan fingerprint density at radius 2 is 1.83 bits per heavy atom. The third-order valence-corrected chi connectivity index (χ3v) is 5.61. The van der Waals surface area contributed by atoms with Crippen molar-refractivity contribution < 1.29 is 22.3 Å². The van der Waals surface area contributed by atoms with Crippen molar-refractivity contribution >= 4 is 43.2 Å². The van der Waals surface area contributed by atoms with Crippen LogP contribution in [0.15, 0.2) is 70.3 Å². The van der Waals surface area contributed by atoms with Crippen molar-refractivity contribution in [3.8, 4) is 5.75 Å². The zero-order valence-corrected chi connectivity index (χ0v) is 17.4. The molecule has 0 aliphatic carbocycles. The molecule has 0 aliphatic heterocycles. The van der Waals surface area contributed by atoms with E-state index in [4.69, 9.17) is 4.74 Å². The molecule has 0 fully saturated rings. The van der Waals surface area contributed by atoms with Crippen molar-refractivity contribution in [2.75, 3.05) is 17.1 Å². The van der Waals surface area contributed by atoms with E-state index in [9.17, 15) is 17.6 Å². The molecule has 1 heterocycles. The van der Waals surface area contributed by atoms with Gasteiger partial charge in [0.2, 0.25) is 0 Å². The first kappa shape index (κ1) is 20.7. The molecule has 0 unspecified atom stereocenters. The van der Waals surface area contributed by atoms with Crippen LogP contribution in [0.5, 0.6) is 5.75 Å². The molecular formula is C19H15BrFN3O4S. The highest BCUT2D eigenvalue weighted by Crippen LogP contribution is 2.30. The fraction of sp³-hybridized carbons (Fsp3) is 0.0526. The van der Waals surface area contributed by atoms with Crippen molar-refractivity contribution in [1.82, 2.24) is 4.98 Å². The van der Waals surface area contributed by atoms with Gasteiger partial charge in [-0.25, -0.2) is 12.8 Å². The maximum atomic E-state index is 13.1. The second kappa shape index (κ2) is 8.58. The quantitative estimate of drug-likeness (QED) is 0.555. The number of carbonyl (C=O) groups excluding carboxylic acids is 1. The van der Waals surface area contributed by atoms with E-state index >= 15 is 0 Å². The third kappa shape index (κ3) is 5.09. The lowest BCUT2D eigenvalue weighted by molar-refractivity contribution is 0.102. The Labute approximate surface area is 175 Å². The third-order valence-electron chi connectivity index (χ3n) is 3.79. The van der Waals surface area contributed by atoms with E-state index in [2.05, 4.69) is 31.0 Å². The highest BCUT2D eigenvalue weighted by molar-refractivity contribution is 9.10. The summed E-state index contributed by atoms with van der Waals surface area (Å²) >= 11 is 3.25. The number of sulfonamides is 1. The Balaban J connectivity index is 1.87. The van der Waals surface area contributed by atoms with E-state index in [1.807, 2.05) is 0 Å². The topological polar surface area (TPSA) is 97.4 Å². The molecule has 2 N–H and O–H groups in total. The molecule has 10 heteroatoms. The first-order valence-corrected chi connectivity index (χ1v) is 10.4. The number of rotatable bonds is 6. The van der Waals surface area contributed by atoms with E-state index in [1.165, 1.54) is 25.4 Å². The number of nitrogens with zero attached hydrogens (tertiary/aromatic N) is 1. The minimum Gasteiger partial charge on any atom is -0.495 e. The predicted octanol–water partition coefficient (Wildman–Crippen LogP) is 4.04. The predicted molar refractivity (Wildman–Crippen MR) is 110 cm³/mol. The standard InChI is InChI=1S/C19H15BrFN3O4S/c1-28-18-7-4-15(23-19(25)12-8-13(20)11-22-10-12)9-17(18)24-29(26,27)16-5-2-14(21)3-6-16/h2-11,24H,1H3,(H,23,25). The lowest BCUT2D eigenvalue weighted by atomic mass is 10.2. The normalized spacial score (nSPS) is 11.0. The molecule has 0 radical (unpaired) electrons. The molecule has 0 bridgehead atoms. The molecule has 0 atom stereocenters.